The number of ether oxygens (including phenoxy) is 1. The van der Waals surface area contributed by atoms with Crippen LogP contribution in [0.5, 0.6) is 0 Å². The Kier molecular flexibility index (Phi) is 3.96. The summed E-state index contributed by atoms with van der Waals surface area (Å²) in [7, 11) is 0. The maximum Gasteiger partial charge on any atom is 0.208 e. The quantitative estimate of drug-likeness (QED) is 0.879. The number of aliphatic hydroxyl groups is 1. The molecule has 96 valence electrons. The highest BCUT2D eigenvalue weighted by Gasteiger charge is 2.33. The Bertz CT molecular complexity index is 369. The molecule has 0 spiro atoms. The average molecular weight is 257 g/mol. The lowest BCUT2D eigenvalue weighted by Crippen LogP contribution is -2.26. The van der Waals surface area contributed by atoms with E-state index in [1.807, 2.05) is 6.92 Å². The van der Waals surface area contributed by atoms with Gasteiger partial charge in [-0.1, -0.05) is 25.2 Å². The van der Waals surface area contributed by atoms with Crippen molar-refractivity contribution < 1.29 is 9.84 Å². The van der Waals surface area contributed by atoms with Crippen LogP contribution >= 0.6 is 11.3 Å². The van der Waals surface area contributed by atoms with E-state index in [0.29, 0.717) is 25.6 Å². The summed E-state index contributed by atoms with van der Waals surface area (Å²) in [6, 6.07) is 0. The highest BCUT2D eigenvalue weighted by Crippen LogP contribution is 2.28. The third kappa shape index (κ3) is 2.75. The summed E-state index contributed by atoms with van der Waals surface area (Å²) in [4.78, 5) is 2.05. The molecule has 0 amide bonds. The molecule has 2 atom stereocenters. The van der Waals surface area contributed by atoms with Gasteiger partial charge in [-0.2, -0.15) is 0 Å². The molecular weight excluding hydrogens is 238 g/mol. The van der Waals surface area contributed by atoms with E-state index >= 15 is 0 Å². The topological polar surface area (TPSA) is 58.5 Å². The van der Waals surface area contributed by atoms with Crippen molar-refractivity contribution >= 4 is 16.5 Å². The Hall–Kier alpha value is -0.720. The second-order valence-corrected chi connectivity index (χ2v) is 5.53. The molecule has 1 saturated heterocycles. The molecule has 1 N–H and O–H groups in total. The van der Waals surface area contributed by atoms with Crippen LogP contribution < -0.4 is 4.90 Å². The largest absolute Gasteiger partial charge is 0.388 e. The average Bonchev–Trinajstić information content (AvgIpc) is 2.86. The molecule has 1 aromatic rings. The number of nitrogens with zero attached hydrogens (tertiary/aromatic N) is 3. The molecular formula is C11H19N3O2S. The molecule has 1 aliphatic rings. The van der Waals surface area contributed by atoms with Crippen LogP contribution in [0.4, 0.5) is 5.13 Å². The van der Waals surface area contributed by atoms with Crippen LogP contribution in [0.15, 0.2) is 0 Å². The lowest BCUT2D eigenvalue weighted by Gasteiger charge is -2.13. The highest BCUT2D eigenvalue weighted by atomic mass is 32.1. The Morgan fingerprint density at radius 2 is 2.24 bits per heavy atom. The number of hydrogen-bond acceptors (Lipinski definition) is 6. The van der Waals surface area contributed by atoms with Gasteiger partial charge in [-0.3, -0.25) is 0 Å². The van der Waals surface area contributed by atoms with Gasteiger partial charge in [0.1, 0.15) is 11.1 Å². The summed E-state index contributed by atoms with van der Waals surface area (Å²) in [5, 5.41) is 20.1. The van der Waals surface area contributed by atoms with Crippen LogP contribution in [0.25, 0.3) is 0 Å². The lowest BCUT2D eigenvalue weighted by atomic mass is 10.2. The maximum absolute atomic E-state index is 9.86. The first-order valence-electron chi connectivity index (χ1n) is 5.99. The summed E-state index contributed by atoms with van der Waals surface area (Å²) in [6.45, 7) is 8.05. The van der Waals surface area contributed by atoms with Crippen molar-refractivity contribution in [2.75, 3.05) is 24.6 Å². The zero-order chi connectivity index (χ0) is 12.4. The van der Waals surface area contributed by atoms with E-state index in [2.05, 4.69) is 28.9 Å². The van der Waals surface area contributed by atoms with E-state index in [9.17, 15) is 5.11 Å². The summed E-state index contributed by atoms with van der Waals surface area (Å²) >= 11 is 1.60. The van der Waals surface area contributed by atoms with E-state index < -0.39 is 6.10 Å². The molecule has 1 aliphatic heterocycles. The van der Waals surface area contributed by atoms with Crippen molar-refractivity contribution in [2.24, 2.45) is 0 Å². The standard InChI is InChI=1S/C11H19N3O2S/c1-4-16-9-6-14(5-8(9)15)11-13-12-10(17-11)7(2)3/h7-9,15H,4-6H2,1-3H3/t8-,9-/m1/s1. The van der Waals surface area contributed by atoms with Crippen LogP contribution in [0, 0.1) is 0 Å². The van der Waals surface area contributed by atoms with Gasteiger partial charge >= 0.3 is 0 Å². The van der Waals surface area contributed by atoms with Crippen molar-refractivity contribution in [3.8, 4) is 0 Å². The molecule has 0 aromatic carbocycles. The van der Waals surface area contributed by atoms with Gasteiger partial charge in [-0.05, 0) is 6.92 Å². The van der Waals surface area contributed by atoms with Crippen molar-refractivity contribution in [2.45, 2.75) is 38.9 Å². The van der Waals surface area contributed by atoms with Crippen LogP contribution in [-0.4, -0.2) is 47.2 Å². The van der Waals surface area contributed by atoms with Gasteiger partial charge in [-0.15, -0.1) is 10.2 Å². The molecule has 0 radical (unpaired) electrons. The van der Waals surface area contributed by atoms with Gasteiger partial charge in [0, 0.05) is 25.6 Å². The predicted molar refractivity (Wildman–Crippen MR) is 67.6 cm³/mol. The Morgan fingerprint density at radius 1 is 1.47 bits per heavy atom. The normalized spacial score (nSPS) is 24.9. The maximum atomic E-state index is 9.86. The lowest BCUT2D eigenvalue weighted by molar-refractivity contribution is -0.00189. The minimum atomic E-state index is -0.429. The molecule has 0 unspecified atom stereocenters. The smallest absolute Gasteiger partial charge is 0.208 e. The molecule has 1 aromatic heterocycles. The Labute approximate surface area is 105 Å². The molecule has 0 aliphatic carbocycles. The summed E-state index contributed by atoms with van der Waals surface area (Å²) in [5.41, 5.74) is 0. The van der Waals surface area contributed by atoms with Crippen molar-refractivity contribution in [3.05, 3.63) is 5.01 Å². The minimum Gasteiger partial charge on any atom is -0.388 e. The van der Waals surface area contributed by atoms with E-state index in [-0.39, 0.29) is 6.10 Å². The first-order valence-corrected chi connectivity index (χ1v) is 6.81. The molecule has 5 nitrogen and oxygen atoms in total. The zero-order valence-corrected chi connectivity index (χ0v) is 11.3. The van der Waals surface area contributed by atoms with Gasteiger partial charge < -0.3 is 14.7 Å². The number of rotatable bonds is 4. The van der Waals surface area contributed by atoms with Crippen molar-refractivity contribution in [1.82, 2.24) is 10.2 Å². The fourth-order valence-electron chi connectivity index (χ4n) is 1.88. The molecule has 0 bridgehead atoms. The number of β-amino-alcohol motifs (C(OH)–C–C–N with tert-alkyl or cyclic N) is 1. The number of aliphatic hydroxyl groups excluding tert-OH is 1. The van der Waals surface area contributed by atoms with E-state index in [1.165, 1.54) is 0 Å². The van der Waals surface area contributed by atoms with Gasteiger partial charge in [0.15, 0.2) is 0 Å². The fraction of sp³-hybridized carbons (Fsp3) is 0.818. The van der Waals surface area contributed by atoms with Gasteiger partial charge in [-0.25, -0.2) is 0 Å². The van der Waals surface area contributed by atoms with E-state index in [4.69, 9.17) is 4.74 Å². The minimum absolute atomic E-state index is 0.105. The number of hydrogen-bond donors (Lipinski definition) is 1. The van der Waals surface area contributed by atoms with Gasteiger partial charge in [0.05, 0.1) is 6.10 Å². The van der Waals surface area contributed by atoms with Crippen molar-refractivity contribution in [3.63, 3.8) is 0 Å². The summed E-state index contributed by atoms with van der Waals surface area (Å²) in [6.07, 6.45) is -0.534. The number of aromatic nitrogens is 2. The zero-order valence-electron chi connectivity index (χ0n) is 10.5. The van der Waals surface area contributed by atoms with Crippen LogP contribution in [0.3, 0.4) is 0 Å². The van der Waals surface area contributed by atoms with Crippen LogP contribution in [0.2, 0.25) is 0 Å². The van der Waals surface area contributed by atoms with Gasteiger partial charge in [0.2, 0.25) is 5.13 Å². The van der Waals surface area contributed by atoms with Crippen molar-refractivity contribution in [1.29, 1.82) is 0 Å². The first-order chi connectivity index (χ1) is 8.11. The second kappa shape index (κ2) is 5.29. The highest BCUT2D eigenvalue weighted by molar-refractivity contribution is 7.15. The Balaban J connectivity index is 2.03. The molecule has 17 heavy (non-hydrogen) atoms. The Morgan fingerprint density at radius 3 is 2.82 bits per heavy atom. The predicted octanol–water partition coefficient (Wildman–Crippen LogP) is 1.25. The first kappa shape index (κ1) is 12.7. The second-order valence-electron chi connectivity index (χ2n) is 4.54. The van der Waals surface area contributed by atoms with E-state index in [0.717, 1.165) is 10.1 Å². The SMILES string of the molecule is CCO[C@@H]1CN(c2nnc(C(C)C)s2)C[C@H]1O. The number of anilines is 1. The summed E-state index contributed by atoms with van der Waals surface area (Å²) in [5.74, 6) is 0.400. The molecule has 2 rings (SSSR count). The molecule has 0 saturated carbocycles. The summed E-state index contributed by atoms with van der Waals surface area (Å²) < 4.78 is 5.49. The third-order valence-corrected chi connectivity index (χ3v) is 4.10. The van der Waals surface area contributed by atoms with Gasteiger partial charge in [0.25, 0.3) is 0 Å². The van der Waals surface area contributed by atoms with Crippen LogP contribution in [-0.2, 0) is 4.74 Å². The monoisotopic (exact) mass is 257 g/mol. The third-order valence-electron chi connectivity index (χ3n) is 2.81. The molecule has 2 heterocycles. The molecule has 1 fully saturated rings. The fourth-order valence-corrected chi connectivity index (χ4v) is 2.74. The van der Waals surface area contributed by atoms with E-state index in [1.54, 1.807) is 11.3 Å². The molecule has 6 heteroatoms. The van der Waals surface area contributed by atoms with Crippen LogP contribution in [0.1, 0.15) is 31.7 Å².